The Hall–Kier alpha value is -4.69. The summed E-state index contributed by atoms with van der Waals surface area (Å²) in [4.78, 5) is 39.8. The fourth-order valence-electron chi connectivity index (χ4n) is 5.92. The molecule has 4 heterocycles. The molecule has 3 aromatic heterocycles. The molecule has 0 unspecified atom stereocenters. The van der Waals surface area contributed by atoms with Gasteiger partial charge in [-0.1, -0.05) is 5.92 Å². The summed E-state index contributed by atoms with van der Waals surface area (Å²) in [6, 6.07) is 9.76. The fourth-order valence-corrected chi connectivity index (χ4v) is 5.92. The number of nitrogens with zero attached hydrogens (tertiary/aromatic N) is 6. The van der Waals surface area contributed by atoms with Crippen molar-refractivity contribution in [1.82, 2.24) is 34.9 Å². The van der Waals surface area contributed by atoms with Gasteiger partial charge in [-0.05, 0) is 62.6 Å². The molecule has 0 bridgehead atoms. The van der Waals surface area contributed by atoms with E-state index < -0.39 is 0 Å². The lowest BCUT2D eigenvalue weighted by atomic mass is 9.90. The molecule has 1 saturated carbocycles. The lowest BCUT2D eigenvalue weighted by Gasteiger charge is -2.34. The molecule has 6 rings (SSSR count). The quantitative estimate of drug-likeness (QED) is 0.292. The molecule has 2 fully saturated rings. The predicted molar refractivity (Wildman–Crippen MR) is 163 cm³/mol. The molecule has 0 spiro atoms. The van der Waals surface area contributed by atoms with Crippen molar-refractivity contribution in [3.8, 4) is 12.3 Å². The normalized spacial score (nSPS) is 19.4. The first-order chi connectivity index (χ1) is 20.5. The van der Waals surface area contributed by atoms with Crippen LogP contribution in [0.15, 0.2) is 53.7 Å². The summed E-state index contributed by atoms with van der Waals surface area (Å²) in [5.41, 5.74) is 3.73. The second-order valence-corrected chi connectivity index (χ2v) is 11.2. The Labute approximate surface area is 244 Å². The molecule has 1 aliphatic carbocycles. The first-order valence-electron chi connectivity index (χ1n) is 14.4. The number of hydrogen-bond donors (Lipinski definition) is 3. The van der Waals surface area contributed by atoms with Crippen LogP contribution in [0.5, 0.6) is 0 Å². The number of carbonyl (C=O) groups is 1. The first-order valence-corrected chi connectivity index (χ1v) is 14.4. The number of likely N-dealkylation sites (N-methyl/N-ethyl adjacent to an activating group) is 1. The number of fused-ring (bicyclic) bond motifs is 1. The molecule has 1 saturated heterocycles. The van der Waals surface area contributed by atoms with E-state index in [9.17, 15) is 9.59 Å². The maximum Gasteiger partial charge on any atom is 0.253 e. The molecule has 11 heteroatoms. The first kappa shape index (κ1) is 27.5. The van der Waals surface area contributed by atoms with Crippen molar-refractivity contribution in [2.75, 3.05) is 43.4 Å². The average molecular weight is 566 g/mol. The number of piperazine rings is 1. The van der Waals surface area contributed by atoms with Gasteiger partial charge in [0, 0.05) is 73.7 Å². The zero-order valence-corrected chi connectivity index (χ0v) is 23.7. The number of amides is 1. The average Bonchev–Trinajstić information content (AvgIpc) is 3.51. The van der Waals surface area contributed by atoms with Gasteiger partial charge in [0.25, 0.3) is 5.56 Å². The van der Waals surface area contributed by atoms with Gasteiger partial charge in [-0.2, -0.15) is 10.1 Å². The highest BCUT2D eigenvalue weighted by molar-refractivity contribution is 5.83. The minimum atomic E-state index is -0.177. The maximum absolute atomic E-state index is 13.3. The number of aromatic amines is 1. The van der Waals surface area contributed by atoms with Crippen LogP contribution >= 0.6 is 0 Å². The fraction of sp³-hybridized carbons (Fsp3) is 0.387. The molecule has 2 aliphatic rings. The Kier molecular flexibility index (Phi) is 7.88. The van der Waals surface area contributed by atoms with Crippen LogP contribution in [0, 0.1) is 12.3 Å². The molecule has 3 N–H and O–H groups in total. The smallest absolute Gasteiger partial charge is 0.253 e. The van der Waals surface area contributed by atoms with E-state index in [1.165, 1.54) is 11.8 Å². The molecule has 216 valence electrons. The number of terminal acetylenes is 1. The maximum atomic E-state index is 13.3. The van der Waals surface area contributed by atoms with E-state index in [-0.39, 0.29) is 23.6 Å². The summed E-state index contributed by atoms with van der Waals surface area (Å²) < 4.78 is 1.75. The third kappa shape index (κ3) is 5.99. The van der Waals surface area contributed by atoms with E-state index >= 15 is 0 Å². The van der Waals surface area contributed by atoms with Gasteiger partial charge >= 0.3 is 0 Å². The van der Waals surface area contributed by atoms with Crippen molar-refractivity contribution in [3.63, 3.8) is 0 Å². The van der Waals surface area contributed by atoms with Crippen LogP contribution in [0.25, 0.3) is 11.0 Å². The molecular formula is C31H35N9O2. The van der Waals surface area contributed by atoms with Crippen LogP contribution in [-0.2, 0) is 11.2 Å². The van der Waals surface area contributed by atoms with Crippen molar-refractivity contribution < 1.29 is 4.79 Å². The minimum absolute atomic E-state index is 0.0270. The van der Waals surface area contributed by atoms with Crippen molar-refractivity contribution in [1.29, 1.82) is 0 Å². The van der Waals surface area contributed by atoms with Crippen LogP contribution in [0.3, 0.4) is 0 Å². The highest BCUT2D eigenvalue weighted by atomic mass is 16.1. The number of benzene rings is 1. The predicted octanol–water partition coefficient (Wildman–Crippen LogP) is 2.83. The van der Waals surface area contributed by atoms with E-state index in [4.69, 9.17) is 11.4 Å². The van der Waals surface area contributed by atoms with Crippen molar-refractivity contribution >= 4 is 34.3 Å². The Morgan fingerprint density at radius 2 is 1.86 bits per heavy atom. The van der Waals surface area contributed by atoms with E-state index in [2.05, 4.69) is 60.7 Å². The molecule has 0 radical (unpaired) electrons. The van der Waals surface area contributed by atoms with E-state index in [1.54, 1.807) is 23.2 Å². The monoisotopic (exact) mass is 565 g/mol. The molecule has 1 aromatic carbocycles. The highest BCUT2D eigenvalue weighted by Crippen LogP contribution is 2.31. The van der Waals surface area contributed by atoms with Gasteiger partial charge in [0.15, 0.2) is 0 Å². The van der Waals surface area contributed by atoms with Crippen molar-refractivity contribution in [2.45, 2.75) is 44.2 Å². The van der Waals surface area contributed by atoms with Gasteiger partial charge in [0.1, 0.15) is 5.65 Å². The van der Waals surface area contributed by atoms with Crippen LogP contribution in [0.4, 0.5) is 17.3 Å². The summed E-state index contributed by atoms with van der Waals surface area (Å²) in [5, 5.41) is 13.7. The minimum Gasteiger partial charge on any atom is -0.369 e. The standard InChI is InChI=1S/C31H35N9O2/c1-3-22-17-29(42)40(26-10-6-23(7-11-26)35-28(41)16-21-18-33-34-19-21)30-27(22)20-32-31(37-30)36-24-4-8-25(9-5-24)39-14-12-38(2)13-15-39/h1,4-5,8-9,17-20,23,26H,6-7,10-16H2,2H3,(H,33,34)(H,35,41)(H,32,36,37). The number of anilines is 3. The van der Waals surface area contributed by atoms with Crippen molar-refractivity contribution in [2.24, 2.45) is 0 Å². The number of carbonyl (C=O) groups excluding carboxylic acids is 1. The van der Waals surface area contributed by atoms with Crippen LogP contribution in [0.2, 0.25) is 0 Å². The lowest BCUT2D eigenvalue weighted by molar-refractivity contribution is -0.121. The molecule has 4 aromatic rings. The number of hydrogen-bond acceptors (Lipinski definition) is 8. The van der Waals surface area contributed by atoms with Crippen LogP contribution in [0.1, 0.15) is 42.9 Å². The summed E-state index contributed by atoms with van der Waals surface area (Å²) in [6.45, 7) is 4.11. The SMILES string of the molecule is C#Cc1cc(=O)n(C2CCC(NC(=O)Cc3cn[nH]c3)CC2)c2nc(Nc3ccc(N4CCN(C)CC4)cc3)ncc12. The Morgan fingerprint density at radius 1 is 1.10 bits per heavy atom. The Morgan fingerprint density at radius 3 is 2.55 bits per heavy atom. The molecule has 1 amide bonds. The van der Waals surface area contributed by atoms with Gasteiger partial charge in [-0.25, -0.2) is 4.98 Å². The van der Waals surface area contributed by atoms with Crippen molar-refractivity contribution in [3.05, 3.63) is 70.4 Å². The Balaban J connectivity index is 1.18. The summed E-state index contributed by atoms with van der Waals surface area (Å²) >= 11 is 0. The summed E-state index contributed by atoms with van der Waals surface area (Å²) in [6.07, 6.45) is 14.1. The number of rotatable bonds is 7. The topological polar surface area (TPSA) is 124 Å². The Bertz CT molecular complexity index is 1640. The van der Waals surface area contributed by atoms with Crippen LogP contribution in [-0.4, -0.2) is 74.8 Å². The van der Waals surface area contributed by atoms with Gasteiger partial charge in [-0.3, -0.25) is 19.3 Å². The molecule has 1 aliphatic heterocycles. The third-order valence-electron chi connectivity index (χ3n) is 8.29. The second kappa shape index (κ2) is 12.0. The number of aromatic nitrogens is 5. The molecule has 42 heavy (non-hydrogen) atoms. The number of nitrogens with one attached hydrogen (secondary N) is 3. The molecule has 11 nitrogen and oxygen atoms in total. The second-order valence-electron chi connectivity index (χ2n) is 11.2. The summed E-state index contributed by atoms with van der Waals surface area (Å²) in [5.74, 6) is 2.99. The largest absolute Gasteiger partial charge is 0.369 e. The van der Waals surface area contributed by atoms with Gasteiger partial charge in [0.2, 0.25) is 11.9 Å². The zero-order chi connectivity index (χ0) is 29.1. The molecular weight excluding hydrogens is 530 g/mol. The lowest BCUT2D eigenvalue weighted by Crippen LogP contribution is -2.44. The van der Waals surface area contributed by atoms with Gasteiger partial charge in [0.05, 0.1) is 18.0 Å². The van der Waals surface area contributed by atoms with E-state index in [1.807, 2.05) is 12.1 Å². The van der Waals surface area contributed by atoms with Crippen LogP contribution < -0.4 is 21.1 Å². The van der Waals surface area contributed by atoms with E-state index in [0.717, 1.165) is 63.1 Å². The van der Waals surface area contributed by atoms with E-state index in [0.29, 0.717) is 29.0 Å². The number of H-pyrrole nitrogens is 1. The van der Waals surface area contributed by atoms with Gasteiger partial charge < -0.3 is 20.4 Å². The number of pyridine rings is 1. The highest BCUT2D eigenvalue weighted by Gasteiger charge is 2.26. The summed E-state index contributed by atoms with van der Waals surface area (Å²) in [7, 11) is 2.15. The van der Waals surface area contributed by atoms with Gasteiger partial charge in [-0.15, -0.1) is 6.42 Å². The zero-order valence-electron chi connectivity index (χ0n) is 23.7. The molecule has 0 atom stereocenters. The third-order valence-corrected chi connectivity index (χ3v) is 8.29.